The Morgan fingerprint density at radius 1 is 1.33 bits per heavy atom. The summed E-state index contributed by atoms with van der Waals surface area (Å²) in [6.07, 6.45) is 2.77. The third-order valence-electron chi connectivity index (χ3n) is 4.42. The van der Waals surface area contributed by atoms with Crippen LogP contribution in [0.4, 0.5) is 5.82 Å². The number of amides is 1. The van der Waals surface area contributed by atoms with Crippen molar-refractivity contribution in [2.24, 2.45) is 0 Å². The first-order valence-electron chi connectivity index (χ1n) is 8.56. The predicted octanol–water partition coefficient (Wildman–Crippen LogP) is 2.07. The highest BCUT2D eigenvalue weighted by molar-refractivity contribution is 5.90. The van der Waals surface area contributed by atoms with Crippen LogP contribution in [0.25, 0.3) is 5.69 Å². The Kier molecular flexibility index (Phi) is 4.32. The van der Waals surface area contributed by atoms with Crippen molar-refractivity contribution >= 4 is 11.7 Å². The molecule has 0 bridgehead atoms. The lowest BCUT2D eigenvalue weighted by atomic mass is 10.2. The molecule has 6 heteroatoms. The summed E-state index contributed by atoms with van der Waals surface area (Å²) in [5.41, 5.74) is 2.02. The van der Waals surface area contributed by atoms with Gasteiger partial charge in [-0.3, -0.25) is 4.79 Å². The number of ether oxygens (including phenoxy) is 1. The lowest BCUT2D eigenvalue weighted by Gasteiger charge is -2.23. The standard InChI is InChI=1S/C18H22N4O2/c23-18(10-14-12-24-9-8-19-14)20-17-11-16(13-6-7-13)21-22(17)15-4-2-1-3-5-15/h1-5,11,13-14,19H,6-10,12H2,(H,20,23). The van der Waals surface area contributed by atoms with Gasteiger partial charge in [0.05, 0.1) is 24.6 Å². The van der Waals surface area contributed by atoms with E-state index in [1.807, 2.05) is 41.1 Å². The van der Waals surface area contributed by atoms with Crippen molar-refractivity contribution in [1.29, 1.82) is 0 Å². The van der Waals surface area contributed by atoms with Crippen LogP contribution >= 0.6 is 0 Å². The summed E-state index contributed by atoms with van der Waals surface area (Å²) in [6, 6.07) is 12.0. The van der Waals surface area contributed by atoms with E-state index in [9.17, 15) is 4.79 Å². The van der Waals surface area contributed by atoms with Crippen molar-refractivity contribution in [2.75, 3.05) is 25.1 Å². The van der Waals surface area contributed by atoms with Gasteiger partial charge in [0.15, 0.2) is 0 Å². The molecule has 1 aromatic carbocycles. The predicted molar refractivity (Wildman–Crippen MR) is 91.4 cm³/mol. The van der Waals surface area contributed by atoms with E-state index in [2.05, 4.69) is 10.6 Å². The van der Waals surface area contributed by atoms with Gasteiger partial charge in [-0.1, -0.05) is 18.2 Å². The Labute approximate surface area is 141 Å². The minimum atomic E-state index is -0.0163. The molecule has 2 fully saturated rings. The van der Waals surface area contributed by atoms with Crippen molar-refractivity contribution in [3.05, 3.63) is 42.1 Å². The second kappa shape index (κ2) is 6.75. The monoisotopic (exact) mass is 326 g/mol. The third-order valence-corrected chi connectivity index (χ3v) is 4.42. The van der Waals surface area contributed by atoms with Gasteiger partial charge in [0.25, 0.3) is 0 Å². The molecule has 126 valence electrons. The Morgan fingerprint density at radius 3 is 2.88 bits per heavy atom. The quantitative estimate of drug-likeness (QED) is 0.882. The molecule has 1 aliphatic heterocycles. The van der Waals surface area contributed by atoms with Crippen molar-refractivity contribution in [1.82, 2.24) is 15.1 Å². The van der Waals surface area contributed by atoms with Gasteiger partial charge in [-0.2, -0.15) is 5.10 Å². The van der Waals surface area contributed by atoms with Crippen molar-refractivity contribution in [3.63, 3.8) is 0 Å². The summed E-state index contributed by atoms with van der Waals surface area (Å²) < 4.78 is 7.24. The molecule has 1 unspecified atom stereocenters. The highest BCUT2D eigenvalue weighted by Gasteiger charge is 2.28. The van der Waals surface area contributed by atoms with Gasteiger partial charge in [-0.25, -0.2) is 4.68 Å². The number of para-hydroxylation sites is 1. The zero-order chi connectivity index (χ0) is 16.4. The number of nitrogens with one attached hydrogen (secondary N) is 2. The van der Waals surface area contributed by atoms with E-state index >= 15 is 0 Å². The molecular weight excluding hydrogens is 304 g/mol. The third kappa shape index (κ3) is 3.49. The van der Waals surface area contributed by atoms with Gasteiger partial charge < -0.3 is 15.4 Å². The van der Waals surface area contributed by atoms with Crippen molar-refractivity contribution < 1.29 is 9.53 Å². The molecule has 2 aromatic rings. The molecule has 2 aliphatic rings. The van der Waals surface area contributed by atoms with Gasteiger partial charge in [0.1, 0.15) is 5.82 Å². The number of morpholine rings is 1. The number of hydrogen-bond donors (Lipinski definition) is 2. The number of anilines is 1. The van der Waals surface area contributed by atoms with Gasteiger partial charge in [0, 0.05) is 31.0 Å². The summed E-state index contributed by atoms with van der Waals surface area (Å²) in [5, 5.41) is 11.0. The van der Waals surface area contributed by atoms with Crippen LogP contribution in [0.1, 0.15) is 30.9 Å². The minimum Gasteiger partial charge on any atom is -0.378 e. The van der Waals surface area contributed by atoms with Crippen LogP contribution in [0.3, 0.4) is 0 Å². The molecule has 2 N–H and O–H groups in total. The first-order valence-corrected chi connectivity index (χ1v) is 8.56. The maximum atomic E-state index is 12.4. The molecule has 1 aliphatic carbocycles. The molecule has 1 atom stereocenters. The number of nitrogens with zero attached hydrogens (tertiary/aromatic N) is 2. The molecule has 1 saturated carbocycles. The van der Waals surface area contributed by atoms with Gasteiger partial charge in [-0.15, -0.1) is 0 Å². The lowest BCUT2D eigenvalue weighted by Crippen LogP contribution is -2.43. The normalized spacial score (nSPS) is 20.8. The van der Waals surface area contributed by atoms with Crippen LogP contribution in [-0.4, -0.2) is 41.5 Å². The second-order valence-electron chi connectivity index (χ2n) is 6.45. The maximum absolute atomic E-state index is 12.4. The van der Waals surface area contributed by atoms with Crippen LogP contribution in [0.5, 0.6) is 0 Å². The topological polar surface area (TPSA) is 68.2 Å². The lowest BCUT2D eigenvalue weighted by molar-refractivity contribution is -0.117. The van der Waals surface area contributed by atoms with Crippen LogP contribution in [0, 0.1) is 0 Å². The van der Waals surface area contributed by atoms with Crippen LogP contribution in [-0.2, 0) is 9.53 Å². The summed E-state index contributed by atoms with van der Waals surface area (Å²) in [4.78, 5) is 12.4. The highest BCUT2D eigenvalue weighted by Crippen LogP contribution is 2.40. The Morgan fingerprint density at radius 2 is 2.17 bits per heavy atom. The number of aromatic nitrogens is 2. The van der Waals surface area contributed by atoms with E-state index in [4.69, 9.17) is 9.84 Å². The Balaban J connectivity index is 1.51. The molecule has 2 heterocycles. The number of benzene rings is 1. The van der Waals surface area contributed by atoms with Crippen LogP contribution < -0.4 is 10.6 Å². The maximum Gasteiger partial charge on any atom is 0.227 e. The largest absolute Gasteiger partial charge is 0.378 e. The molecule has 6 nitrogen and oxygen atoms in total. The number of carbonyl (C=O) groups excluding carboxylic acids is 1. The first kappa shape index (κ1) is 15.4. The summed E-state index contributed by atoms with van der Waals surface area (Å²) in [7, 11) is 0. The molecular formula is C18H22N4O2. The molecule has 1 amide bonds. The van der Waals surface area contributed by atoms with E-state index in [0.29, 0.717) is 25.6 Å². The SMILES string of the molecule is O=C(CC1COCCN1)Nc1cc(C2CC2)nn1-c1ccccc1. The fraction of sp³-hybridized carbons (Fsp3) is 0.444. The molecule has 24 heavy (non-hydrogen) atoms. The summed E-state index contributed by atoms with van der Waals surface area (Å²) >= 11 is 0. The van der Waals surface area contributed by atoms with Crippen molar-refractivity contribution in [2.45, 2.75) is 31.2 Å². The average Bonchev–Trinajstić information content (AvgIpc) is 3.38. The second-order valence-corrected chi connectivity index (χ2v) is 6.45. The zero-order valence-corrected chi connectivity index (χ0v) is 13.6. The van der Waals surface area contributed by atoms with Crippen LogP contribution in [0.15, 0.2) is 36.4 Å². The minimum absolute atomic E-state index is 0.0163. The Bertz CT molecular complexity index is 703. The zero-order valence-electron chi connectivity index (χ0n) is 13.6. The van der Waals surface area contributed by atoms with E-state index in [-0.39, 0.29) is 11.9 Å². The number of hydrogen-bond acceptors (Lipinski definition) is 4. The van der Waals surface area contributed by atoms with E-state index < -0.39 is 0 Å². The fourth-order valence-electron chi connectivity index (χ4n) is 3.00. The summed E-state index contributed by atoms with van der Waals surface area (Å²) in [5.74, 6) is 1.27. The molecule has 4 rings (SSSR count). The highest BCUT2D eigenvalue weighted by atomic mass is 16.5. The molecule has 0 spiro atoms. The van der Waals surface area contributed by atoms with Gasteiger partial charge in [0.2, 0.25) is 5.91 Å². The summed E-state index contributed by atoms with van der Waals surface area (Å²) in [6.45, 7) is 2.09. The molecule has 0 radical (unpaired) electrons. The number of carbonyl (C=O) groups is 1. The van der Waals surface area contributed by atoms with Crippen molar-refractivity contribution in [3.8, 4) is 5.69 Å². The molecule has 1 aromatic heterocycles. The van der Waals surface area contributed by atoms with Crippen LogP contribution in [0.2, 0.25) is 0 Å². The smallest absolute Gasteiger partial charge is 0.227 e. The average molecular weight is 326 g/mol. The van der Waals surface area contributed by atoms with Gasteiger partial charge in [-0.05, 0) is 25.0 Å². The number of rotatable bonds is 5. The first-order chi connectivity index (χ1) is 11.8. The van der Waals surface area contributed by atoms with E-state index in [1.54, 1.807) is 0 Å². The Hall–Kier alpha value is -2.18. The van der Waals surface area contributed by atoms with Gasteiger partial charge >= 0.3 is 0 Å². The van der Waals surface area contributed by atoms with E-state index in [0.717, 1.165) is 23.7 Å². The fourth-order valence-corrected chi connectivity index (χ4v) is 3.00. The molecule has 1 saturated heterocycles. The van der Waals surface area contributed by atoms with E-state index in [1.165, 1.54) is 12.8 Å².